The van der Waals surface area contributed by atoms with Gasteiger partial charge in [-0.3, -0.25) is 14.4 Å². The van der Waals surface area contributed by atoms with Crippen LogP contribution in [-0.4, -0.2) is 41.4 Å². The normalized spacial score (nSPS) is 13.5. The Morgan fingerprint density at radius 1 is 0.756 bits per heavy atom. The lowest BCUT2D eigenvalue weighted by atomic mass is 10.0. The van der Waals surface area contributed by atoms with Crippen molar-refractivity contribution < 1.29 is 29.0 Å². The lowest BCUT2D eigenvalue weighted by Crippen LogP contribution is -2.42. The van der Waals surface area contributed by atoms with E-state index in [0.29, 0.717) is 34.7 Å². The number of benzene rings is 3. The van der Waals surface area contributed by atoms with Crippen molar-refractivity contribution in [3.8, 4) is 5.75 Å². The number of unbranched alkanes of at least 4 members (excludes halogenated alkanes) is 4. The summed E-state index contributed by atoms with van der Waals surface area (Å²) in [6.07, 6.45) is 9.80. The number of aliphatic carboxylic acids is 1. The largest absolute Gasteiger partial charge is 0.494 e. The summed E-state index contributed by atoms with van der Waals surface area (Å²) in [5.41, 5.74) is 2.63. The predicted octanol–water partition coefficient (Wildman–Crippen LogP) is 6.84. The Morgan fingerprint density at radius 3 is 1.98 bits per heavy atom. The summed E-state index contributed by atoms with van der Waals surface area (Å²) in [5, 5.41) is 18.1. The number of rotatable bonds is 16. The lowest BCUT2D eigenvalue weighted by Gasteiger charge is -2.16. The van der Waals surface area contributed by atoms with E-state index < -0.39 is 17.9 Å². The van der Waals surface area contributed by atoms with Gasteiger partial charge in [-0.25, -0.2) is 4.79 Å². The Morgan fingerprint density at radius 2 is 1.33 bits per heavy atom. The average molecular weight is 614 g/mol. The Hall–Kier alpha value is -4.66. The standard InChI is InChI=1S/C36H43N3O6/c1-2-3-4-5-8-23-45-31-21-15-28(16-22-31)34(41)37-29-17-11-25(12-18-29)24-32(36(43)44)39-35(42)27-13-19-30(20-14-27)38-33(40)26-9-6-7-10-26/h11-22,26,32H,2-10,23-24H2,1H3,(H,37,41)(H,38,40)(H,39,42)(H,43,44)/t32-/m0/s1. The van der Waals surface area contributed by atoms with Crippen LogP contribution in [-0.2, 0) is 16.0 Å². The molecular weight excluding hydrogens is 570 g/mol. The van der Waals surface area contributed by atoms with Gasteiger partial charge in [-0.1, -0.05) is 57.6 Å². The third-order valence-electron chi connectivity index (χ3n) is 8.03. The summed E-state index contributed by atoms with van der Waals surface area (Å²) in [7, 11) is 0. The van der Waals surface area contributed by atoms with Crippen molar-refractivity contribution in [2.24, 2.45) is 5.92 Å². The van der Waals surface area contributed by atoms with Crippen LogP contribution >= 0.6 is 0 Å². The molecule has 0 bridgehead atoms. The van der Waals surface area contributed by atoms with E-state index in [4.69, 9.17) is 4.74 Å². The van der Waals surface area contributed by atoms with E-state index in [0.717, 1.165) is 44.3 Å². The van der Waals surface area contributed by atoms with Crippen molar-refractivity contribution in [1.29, 1.82) is 0 Å². The number of amides is 3. The van der Waals surface area contributed by atoms with Crippen LogP contribution in [0.5, 0.6) is 5.75 Å². The Bertz CT molecular complexity index is 1410. The van der Waals surface area contributed by atoms with Crippen molar-refractivity contribution >= 4 is 35.1 Å². The molecule has 1 atom stereocenters. The van der Waals surface area contributed by atoms with Gasteiger partial charge in [0.25, 0.3) is 11.8 Å². The smallest absolute Gasteiger partial charge is 0.326 e. The highest BCUT2D eigenvalue weighted by atomic mass is 16.5. The number of ether oxygens (including phenoxy) is 1. The molecule has 4 N–H and O–H groups in total. The molecule has 0 unspecified atom stereocenters. The van der Waals surface area contributed by atoms with Crippen LogP contribution in [0, 0.1) is 5.92 Å². The van der Waals surface area contributed by atoms with Crippen LogP contribution in [0.25, 0.3) is 0 Å². The van der Waals surface area contributed by atoms with Crippen LogP contribution in [0.1, 0.15) is 91.0 Å². The van der Waals surface area contributed by atoms with E-state index in [-0.39, 0.29) is 24.2 Å². The minimum absolute atomic E-state index is 0.0101. The van der Waals surface area contributed by atoms with Gasteiger partial charge in [-0.15, -0.1) is 0 Å². The first-order valence-electron chi connectivity index (χ1n) is 15.9. The lowest BCUT2D eigenvalue weighted by molar-refractivity contribution is -0.139. The minimum Gasteiger partial charge on any atom is -0.494 e. The molecular formula is C36H43N3O6. The first-order valence-corrected chi connectivity index (χ1v) is 15.9. The molecule has 0 heterocycles. The van der Waals surface area contributed by atoms with Gasteiger partial charge in [0.05, 0.1) is 6.61 Å². The fourth-order valence-electron chi connectivity index (χ4n) is 5.34. The predicted molar refractivity (Wildman–Crippen MR) is 175 cm³/mol. The minimum atomic E-state index is -1.16. The van der Waals surface area contributed by atoms with E-state index in [1.54, 1.807) is 72.8 Å². The highest BCUT2D eigenvalue weighted by molar-refractivity contribution is 6.04. The zero-order valence-electron chi connectivity index (χ0n) is 25.8. The molecule has 3 amide bonds. The highest BCUT2D eigenvalue weighted by Gasteiger charge is 2.23. The van der Waals surface area contributed by atoms with Crippen LogP contribution in [0.4, 0.5) is 11.4 Å². The first kappa shape index (κ1) is 33.2. The molecule has 238 valence electrons. The zero-order valence-corrected chi connectivity index (χ0v) is 25.8. The van der Waals surface area contributed by atoms with Gasteiger partial charge in [-0.05, 0) is 85.5 Å². The van der Waals surface area contributed by atoms with Crippen LogP contribution in [0.15, 0.2) is 72.8 Å². The number of hydrogen-bond donors (Lipinski definition) is 4. The summed E-state index contributed by atoms with van der Waals surface area (Å²) >= 11 is 0. The van der Waals surface area contributed by atoms with Gasteiger partial charge >= 0.3 is 5.97 Å². The summed E-state index contributed by atoms with van der Waals surface area (Å²) < 4.78 is 5.77. The highest BCUT2D eigenvalue weighted by Crippen LogP contribution is 2.26. The number of anilines is 2. The maximum Gasteiger partial charge on any atom is 0.326 e. The molecule has 1 aliphatic carbocycles. The van der Waals surface area contributed by atoms with Gasteiger partial charge in [0.2, 0.25) is 5.91 Å². The van der Waals surface area contributed by atoms with Gasteiger partial charge in [0.1, 0.15) is 11.8 Å². The van der Waals surface area contributed by atoms with Crippen molar-refractivity contribution in [3.05, 3.63) is 89.5 Å². The van der Waals surface area contributed by atoms with Gasteiger partial charge < -0.3 is 25.8 Å². The number of hydrogen-bond acceptors (Lipinski definition) is 5. The second kappa shape index (κ2) is 17.0. The molecule has 0 radical (unpaired) electrons. The van der Waals surface area contributed by atoms with Crippen molar-refractivity contribution in [3.63, 3.8) is 0 Å². The second-order valence-electron chi connectivity index (χ2n) is 11.6. The Balaban J connectivity index is 1.24. The zero-order chi connectivity index (χ0) is 32.0. The van der Waals surface area contributed by atoms with E-state index in [1.807, 2.05) is 0 Å². The molecule has 45 heavy (non-hydrogen) atoms. The summed E-state index contributed by atoms with van der Waals surface area (Å²) in [5.74, 6) is -1.21. The first-order chi connectivity index (χ1) is 21.8. The molecule has 0 aliphatic heterocycles. The molecule has 1 fully saturated rings. The third kappa shape index (κ3) is 10.5. The molecule has 0 saturated heterocycles. The monoisotopic (exact) mass is 613 g/mol. The third-order valence-corrected chi connectivity index (χ3v) is 8.03. The molecule has 9 nitrogen and oxygen atoms in total. The molecule has 1 aliphatic rings. The average Bonchev–Trinajstić information content (AvgIpc) is 3.59. The van der Waals surface area contributed by atoms with Crippen LogP contribution < -0.4 is 20.7 Å². The number of carboxylic acid groups (broad SMARTS) is 1. The Kier molecular flexibility index (Phi) is 12.5. The number of nitrogens with one attached hydrogen (secondary N) is 3. The fourth-order valence-corrected chi connectivity index (χ4v) is 5.34. The number of carbonyl (C=O) groups is 4. The van der Waals surface area contributed by atoms with Crippen LogP contribution in [0.3, 0.4) is 0 Å². The van der Waals surface area contributed by atoms with Gasteiger partial charge in [-0.2, -0.15) is 0 Å². The van der Waals surface area contributed by atoms with Crippen molar-refractivity contribution in [2.45, 2.75) is 77.2 Å². The number of carbonyl (C=O) groups excluding carboxylic acids is 3. The van der Waals surface area contributed by atoms with Crippen molar-refractivity contribution in [2.75, 3.05) is 17.2 Å². The van der Waals surface area contributed by atoms with Crippen molar-refractivity contribution in [1.82, 2.24) is 5.32 Å². The second-order valence-corrected chi connectivity index (χ2v) is 11.6. The van der Waals surface area contributed by atoms with Gasteiger partial charge in [0, 0.05) is 34.8 Å². The topological polar surface area (TPSA) is 134 Å². The SMILES string of the molecule is CCCCCCCOc1ccc(C(=O)Nc2ccc(C[C@H](NC(=O)c3ccc(NC(=O)C4CCCC4)cc3)C(=O)O)cc2)cc1. The quantitative estimate of drug-likeness (QED) is 0.131. The summed E-state index contributed by atoms with van der Waals surface area (Å²) in [4.78, 5) is 49.8. The Labute approximate surface area is 264 Å². The molecule has 3 aromatic carbocycles. The van der Waals surface area contributed by atoms with Crippen LogP contribution in [0.2, 0.25) is 0 Å². The molecule has 0 spiro atoms. The molecule has 9 heteroatoms. The van der Waals surface area contributed by atoms with E-state index in [2.05, 4.69) is 22.9 Å². The molecule has 4 rings (SSSR count). The molecule has 3 aromatic rings. The van der Waals surface area contributed by atoms with E-state index in [1.165, 1.54) is 19.3 Å². The van der Waals surface area contributed by atoms with E-state index in [9.17, 15) is 24.3 Å². The summed E-state index contributed by atoms with van der Waals surface area (Å²) in [6.45, 7) is 2.84. The number of carboxylic acids is 1. The maximum absolute atomic E-state index is 12.8. The fraction of sp³-hybridized carbons (Fsp3) is 0.389. The molecule has 0 aromatic heterocycles. The maximum atomic E-state index is 12.8. The van der Waals surface area contributed by atoms with Gasteiger partial charge in [0.15, 0.2) is 0 Å². The van der Waals surface area contributed by atoms with E-state index >= 15 is 0 Å². The molecule has 1 saturated carbocycles. The summed E-state index contributed by atoms with van der Waals surface area (Å²) in [6, 6.07) is 19.1.